The molecule has 0 amide bonds. The van der Waals surface area contributed by atoms with E-state index in [1.54, 1.807) is 10.9 Å². The van der Waals surface area contributed by atoms with Crippen molar-refractivity contribution >= 4 is 0 Å². The summed E-state index contributed by atoms with van der Waals surface area (Å²) in [6.45, 7) is 4.02. The molecule has 0 aliphatic carbocycles. The lowest BCUT2D eigenvalue weighted by molar-refractivity contribution is 0.242. The minimum Gasteiger partial charge on any atom is -0.491 e. The third-order valence-corrected chi connectivity index (χ3v) is 2.69. The predicted molar refractivity (Wildman–Crippen MR) is 71.4 cm³/mol. The molecular weight excluding hydrogens is 226 g/mol. The molecule has 1 atom stereocenters. The molecule has 0 aliphatic heterocycles. The first kappa shape index (κ1) is 12.6. The highest BCUT2D eigenvalue weighted by atomic mass is 16.5. The molecule has 4 nitrogen and oxygen atoms in total. The molecule has 96 valence electrons. The summed E-state index contributed by atoms with van der Waals surface area (Å²) in [5.41, 5.74) is 8.25. The lowest BCUT2D eigenvalue weighted by Crippen LogP contribution is -2.11. The van der Waals surface area contributed by atoms with Crippen LogP contribution in [-0.4, -0.2) is 15.9 Å². The van der Waals surface area contributed by atoms with Gasteiger partial charge in [-0.3, -0.25) is 4.68 Å². The summed E-state index contributed by atoms with van der Waals surface area (Å²) >= 11 is 0. The summed E-state index contributed by atoms with van der Waals surface area (Å²) in [4.78, 5) is 0. The molecule has 2 rings (SSSR count). The van der Waals surface area contributed by atoms with Crippen molar-refractivity contribution < 1.29 is 4.74 Å². The topological polar surface area (TPSA) is 53.1 Å². The Morgan fingerprint density at radius 1 is 1.17 bits per heavy atom. The Kier molecular flexibility index (Phi) is 3.67. The van der Waals surface area contributed by atoms with Crippen molar-refractivity contribution in [3.05, 3.63) is 47.8 Å². The number of benzene rings is 1. The summed E-state index contributed by atoms with van der Waals surface area (Å²) in [7, 11) is 1.88. The van der Waals surface area contributed by atoms with Gasteiger partial charge in [-0.05, 0) is 31.5 Å². The molecule has 0 radical (unpaired) electrons. The molecule has 2 N–H and O–H groups in total. The smallest absolute Gasteiger partial charge is 0.119 e. The van der Waals surface area contributed by atoms with Crippen LogP contribution in [0.3, 0.4) is 0 Å². The number of nitrogens with zero attached hydrogens (tertiary/aromatic N) is 2. The van der Waals surface area contributed by atoms with Gasteiger partial charge in [-0.2, -0.15) is 5.10 Å². The SMILES string of the molecule is CC(C)Oc1ccc(C(N)c2cnn(C)c2)cc1. The van der Waals surface area contributed by atoms with Gasteiger partial charge in [-0.15, -0.1) is 0 Å². The number of rotatable bonds is 4. The quantitative estimate of drug-likeness (QED) is 0.899. The summed E-state index contributed by atoms with van der Waals surface area (Å²) in [5.74, 6) is 0.868. The van der Waals surface area contributed by atoms with Crippen LogP contribution in [0.1, 0.15) is 31.0 Å². The zero-order valence-electron chi connectivity index (χ0n) is 11.0. The molecule has 2 aromatic rings. The minimum atomic E-state index is -0.146. The Balaban J connectivity index is 2.14. The molecule has 1 heterocycles. The molecule has 4 heteroatoms. The van der Waals surface area contributed by atoms with Gasteiger partial charge in [0, 0.05) is 18.8 Å². The van der Waals surface area contributed by atoms with E-state index in [0.29, 0.717) is 0 Å². The van der Waals surface area contributed by atoms with Gasteiger partial charge in [0.25, 0.3) is 0 Å². The zero-order valence-corrected chi connectivity index (χ0v) is 11.0. The molecule has 1 aromatic carbocycles. The average Bonchev–Trinajstić information content (AvgIpc) is 2.75. The first-order valence-corrected chi connectivity index (χ1v) is 6.07. The molecule has 0 bridgehead atoms. The predicted octanol–water partition coefficient (Wildman–Crippen LogP) is 2.26. The van der Waals surface area contributed by atoms with Crippen LogP contribution >= 0.6 is 0 Å². The monoisotopic (exact) mass is 245 g/mol. The van der Waals surface area contributed by atoms with Crippen molar-refractivity contribution in [3.8, 4) is 5.75 Å². The summed E-state index contributed by atoms with van der Waals surface area (Å²) in [6, 6.07) is 7.74. The van der Waals surface area contributed by atoms with Gasteiger partial charge in [0.1, 0.15) is 5.75 Å². The molecule has 0 spiro atoms. The van der Waals surface area contributed by atoms with E-state index in [4.69, 9.17) is 10.5 Å². The number of hydrogen-bond donors (Lipinski definition) is 1. The van der Waals surface area contributed by atoms with Crippen LogP contribution in [0.5, 0.6) is 5.75 Å². The number of aromatic nitrogens is 2. The van der Waals surface area contributed by atoms with Crippen LogP contribution in [-0.2, 0) is 7.05 Å². The maximum absolute atomic E-state index is 6.19. The van der Waals surface area contributed by atoms with Gasteiger partial charge in [-0.1, -0.05) is 12.1 Å². The van der Waals surface area contributed by atoms with Crippen LogP contribution < -0.4 is 10.5 Å². The van der Waals surface area contributed by atoms with Gasteiger partial charge in [0.2, 0.25) is 0 Å². The number of nitrogens with two attached hydrogens (primary N) is 1. The Hall–Kier alpha value is -1.81. The van der Waals surface area contributed by atoms with Crippen LogP contribution in [0.25, 0.3) is 0 Å². The van der Waals surface area contributed by atoms with Gasteiger partial charge in [0.15, 0.2) is 0 Å². The Labute approximate surface area is 107 Å². The van der Waals surface area contributed by atoms with Gasteiger partial charge in [-0.25, -0.2) is 0 Å². The molecule has 18 heavy (non-hydrogen) atoms. The van der Waals surface area contributed by atoms with Crippen LogP contribution in [0, 0.1) is 0 Å². The molecule has 0 aliphatic rings. The van der Waals surface area contributed by atoms with Crippen molar-refractivity contribution in [2.45, 2.75) is 26.0 Å². The van der Waals surface area contributed by atoms with E-state index in [1.807, 2.05) is 51.4 Å². The van der Waals surface area contributed by atoms with E-state index < -0.39 is 0 Å². The largest absolute Gasteiger partial charge is 0.491 e. The van der Waals surface area contributed by atoms with Crippen LogP contribution in [0.2, 0.25) is 0 Å². The maximum atomic E-state index is 6.19. The molecular formula is C14H19N3O. The van der Waals surface area contributed by atoms with E-state index in [9.17, 15) is 0 Å². The Morgan fingerprint density at radius 2 is 1.83 bits per heavy atom. The fourth-order valence-electron chi connectivity index (χ4n) is 1.82. The fraction of sp³-hybridized carbons (Fsp3) is 0.357. The number of aryl methyl sites for hydroxylation is 1. The van der Waals surface area contributed by atoms with Gasteiger partial charge < -0.3 is 10.5 Å². The zero-order chi connectivity index (χ0) is 13.1. The molecule has 0 saturated carbocycles. The Morgan fingerprint density at radius 3 is 2.33 bits per heavy atom. The number of ether oxygens (including phenoxy) is 1. The minimum absolute atomic E-state index is 0.146. The lowest BCUT2D eigenvalue weighted by Gasteiger charge is -2.13. The molecule has 0 fully saturated rings. The van der Waals surface area contributed by atoms with E-state index in [-0.39, 0.29) is 12.1 Å². The third kappa shape index (κ3) is 2.90. The van der Waals surface area contributed by atoms with E-state index >= 15 is 0 Å². The van der Waals surface area contributed by atoms with E-state index in [1.165, 1.54) is 0 Å². The highest BCUT2D eigenvalue weighted by molar-refractivity contribution is 5.33. The van der Waals surface area contributed by atoms with E-state index in [2.05, 4.69) is 5.10 Å². The van der Waals surface area contributed by atoms with Crippen molar-refractivity contribution in [3.63, 3.8) is 0 Å². The molecule has 1 aromatic heterocycles. The van der Waals surface area contributed by atoms with Crippen molar-refractivity contribution in [1.29, 1.82) is 0 Å². The van der Waals surface area contributed by atoms with Gasteiger partial charge in [0.05, 0.1) is 18.3 Å². The van der Waals surface area contributed by atoms with Crippen molar-refractivity contribution in [2.75, 3.05) is 0 Å². The first-order valence-electron chi connectivity index (χ1n) is 6.07. The Bertz CT molecular complexity index is 502. The highest BCUT2D eigenvalue weighted by Gasteiger charge is 2.10. The summed E-state index contributed by atoms with van der Waals surface area (Å²) < 4.78 is 7.36. The fourth-order valence-corrected chi connectivity index (χ4v) is 1.82. The average molecular weight is 245 g/mol. The van der Waals surface area contributed by atoms with Crippen molar-refractivity contribution in [1.82, 2.24) is 9.78 Å². The molecule has 1 unspecified atom stereocenters. The normalized spacial score (nSPS) is 12.7. The van der Waals surface area contributed by atoms with Gasteiger partial charge >= 0.3 is 0 Å². The maximum Gasteiger partial charge on any atom is 0.119 e. The van der Waals surface area contributed by atoms with Crippen LogP contribution in [0.15, 0.2) is 36.7 Å². The van der Waals surface area contributed by atoms with Crippen LogP contribution in [0.4, 0.5) is 0 Å². The summed E-state index contributed by atoms with van der Waals surface area (Å²) in [6.07, 6.45) is 3.91. The third-order valence-electron chi connectivity index (χ3n) is 2.69. The lowest BCUT2D eigenvalue weighted by atomic mass is 10.0. The highest BCUT2D eigenvalue weighted by Crippen LogP contribution is 2.22. The first-order chi connectivity index (χ1) is 8.56. The second-order valence-corrected chi connectivity index (χ2v) is 4.66. The number of hydrogen-bond acceptors (Lipinski definition) is 3. The standard InChI is InChI=1S/C14H19N3O/c1-10(2)18-13-6-4-11(5-7-13)14(15)12-8-16-17(3)9-12/h4-10,14H,15H2,1-3H3. The molecule has 0 saturated heterocycles. The summed E-state index contributed by atoms with van der Waals surface area (Å²) in [5, 5.41) is 4.13. The second-order valence-electron chi connectivity index (χ2n) is 4.66. The van der Waals surface area contributed by atoms with E-state index in [0.717, 1.165) is 16.9 Å². The van der Waals surface area contributed by atoms with Crippen molar-refractivity contribution in [2.24, 2.45) is 12.8 Å². The second kappa shape index (κ2) is 5.23.